The van der Waals surface area contributed by atoms with E-state index in [1.807, 2.05) is 6.92 Å². The summed E-state index contributed by atoms with van der Waals surface area (Å²) in [6, 6.07) is 5.34. The second-order valence-electron chi connectivity index (χ2n) is 3.53. The van der Waals surface area contributed by atoms with E-state index in [1.54, 1.807) is 25.1 Å². The van der Waals surface area contributed by atoms with Gasteiger partial charge >= 0.3 is 0 Å². The molecule has 0 saturated carbocycles. The van der Waals surface area contributed by atoms with Crippen molar-refractivity contribution in [1.29, 1.82) is 0 Å². The van der Waals surface area contributed by atoms with Crippen molar-refractivity contribution >= 4 is 0 Å². The van der Waals surface area contributed by atoms with E-state index in [1.165, 1.54) is 0 Å². The molecule has 0 aliphatic heterocycles. The predicted molar refractivity (Wildman–Crippen MR) is 56.9 cm³/mol. The van der Waals surface area contributed by atoms with Crippen molar-refractivity contribution in [3.8, 4) is 0 Å². The van der Waals surface area contributed by atoms with E-state index in [0.717, 1.165) is 0 Å². The fourth-order valence-corrected chi connectivity index (χ4v) is 1.15. The number of azide groups is 1. The summed E-state index contributed by atoms with van der Waals surface area (Å²) in [6.45, 7) is 3.82. The summed E-state index contributed by atoms with van der Waals surface area (Å²) in [7, 11) is 0. The second-order valence-corrected chi connectivity index (χ2v) is 3.53. The van der Waals surface area contributed by atoms with Crippen molar-refractivity contribution in [1.82, 2.24) is 4.98 Å². The maximum absolute atomic E-state index is 9.98. The highest BCUT2D eigenvalue weighted by Crippen LogP contribution is 2.22. The molecule has 1 rings (SSSR count). The Kier molecular flexibility index (Phi) is 3.66. The largest absolute Gasteiger partial charge is 0.384 e. The molecule has 0 spiro atoms. The third kappa shape index (κ3) is 2.94. The van der Waals surface area contributed by atoms with Crippen LogP contribution in [0, 0.1) is 0 Å². The number of pyridine rings is 1. The van der Waals surface area contributed by atoms with Gasteiger partial charge in [0.1, 0.15) is 5.60 Å². The maximum atomic E-state index is 9.98. The van der Waals surface area contributed by atoms with Crippen LogP contribution in [0.15, 0.2) is 23.3 Å². The van der Waals surface area contributed by atoms with Gasteiger partial charge in [0, 0.05) is 10.6 Å². The molecule has 1 N–H and O–H groups in total. The van der Waals surface area contributed by atoms with Crippen LogP contribution in [0.3, 0.4) is 0 Å². The summed E-state index contributed by atoms with van der Waals surface area (Å²) >= 11 is 0. The Labute approximate surface area is 88.4 Å². The fourth-order valence-electron chi connectivity index (χ4n) is 1.15. The van der Waals surface area contributed by atoms with E-state index in [-0.39, 0.29) is 6.54 Å². The minimum atomic E-state index is -0.924. The monoisotopic (exact) mass is 206 g/mol. The lowest BCUT2D eigenvalue weighted by molar-refractivity contribution is 0.0483. The van der Waals surface area contributed by atoms with Gasteiger partial charge < -0.3 is 5.11 Å². The lowest BCUT2D eigenvalue weighted by atomic mass is 9.98. The summed E-state index contributed by atoms with van der Waals surface area (Å²) in [5.74, 6) is 0. The molecule has 1 atom stereocenters. The Bertz CT molecular complexity index is 383. The molecule has 0 bridgehead atoms. The zero-order valence-electron chi connectivity index (χ0n) is 8.88. The molecule has 15 heavy (non-hydrogen) atoms. The van der Waals surface area contributed by atoms with Crippen molar-refractivity contribution in [3.05, 3.63) is 40.0 Å². The zero-order valence-corrected chi connectivity index (χ0v) is 8.88. The van der Waals surface area contributed by atoms with Crippen molar-refractivity contribution < 1.29 is 5.11 Å². The topological polar surface area (TPSA) is 81.9 Å². The molecule has 5 heteroatoms. The summed E-state index contributed by atoms with van der Waals surface area (Å²) in [5.41, 5.74) is 8.53. The fraction of sp³-hybridized carbons (Fsp3) is 0.500. The van der Waals surface area contributed by atoms with Crippen molar-refractivity contribution in [2.24, 2.45) is 5.11 Å². The van der Waals surface area contributed by atoms with Gasteiger partial charge in [-0.2, -0.15) is 0 Å². The van der Waals surface area contributed by atoms with Crippen molar-refractivity contribution in [2.75, 3.05) is 0 Å². The lowest BCUT2D eigenvalue weighted by Crippen LogP contribution is -2.21. The zero-order chi connectivity index (χ0) is 11.3. The molecular weight excluding hydrogens is 192 g/mol. The normalized spacial score (nSPS) is 14.1. The van der Waals surface area contributed by atoms with Gasteiger partial charge in [0.15, 0.2) is 0 Å². The first-order valence-corrected chi connectivity index (χ1v) is 4.80. The Hall–Kier alpha value is -1.58. The van der Waals surface area contributed by atoms with Crippen LogP contribution < -0.4 is 0 Å². The summed E-state index contributed by atoms with van der Waals surface area (Å²) < 4.78 is 0. The minimum Gasteiger partial charge on any atom is -0.384 e. The molecule has 0 aliphatic rings. The second kappa shape index (κ2) is 4.77. The highest BCUT2D eigenvalue weighted by Gasteiger charge is 2.21. The van der Waals surface area contributed by atoms with E-state index in [9.17, 15) is 5.11 Å². The van der Waals surface area contributed by atoms with Gasteiger partial charge in [0.2, 0.25) is 0 Å². The summed E-state index contributed by atoms with van der Waals surface area (Å²) in [5, 5.41) is 13.4. The Morgan fingerprint density at radius 1 is 1.60 bits per heavy atom. The SMILES string of the molecule is CCC(C)(O)c1cccc(CN=[N+]=[N-])n1. The molecule has 1 aromatic rings. The predicted octanol–water partition coefficient (Wildman–Crippen LogP) is 2.51. The smallest absolute Gasteiger partial charge is 0.103 e. The molecule has 0 fully saturated rings. The molecule has 0 saturated heterocycles. The average molecular weight is 206 g/mol. The van der Waals surface area contributed by atoms with E-state index in [2.05, 4.69) is 15.0 Å². The standard InChI is InChI=1S/C10H14N4O/c1-3-10(2,15)9-6-4-5-8(13-9)7-12-14-11/h4-6,15H,3,7H2,1-2H3. The first-order valence-electron chi connectivity index (χ1n) is 4.80. The van der Waals surface area contributed by atoms with E-state index >= 15 is 0 Å². The highest BCUT2D eigenvalue weighted by atomic mass is 16.3. The Balaban J connectivity index is 2.96. The molecule has 1 unspecified atom stereocenters. The number of nitrogens with zero attached hydrogens (tertiary/aromatic N) is 4. The minimum absolute atomic E-state index is 0.212. The summed E-state index contributed by atoms with van der Waals surface area (Å²) in [6.07, 6.45) is 0.588. The molecule has 5 nitrogen and oxygen atoms in total. The molecular formula is C10H14N4O. The molecule has 1 aromatic heterocycles. The van der Waals surface area contributed by atoms with Crippen LogP contribution in [0.2, 0.25) is 0 Å². The van der Waals surface area contributed by atoms with Crippen LogP contribution in [0.25, 0.3) is 10.4 Å². The third-order valence-corrected chi connectivity index (χ3v) is 2.34. The van der Waals surface area contributed by atoms with E-state index < -0.39 is 5.60 Å². The van der Waals surface area contributed by atoms with Gasteiger partial charge in [-0.3, -0.25) is 4.98 Å². The van der Waals surface area contributed by atoms with E-state index in [0.29, 0.717) is 17.8 Å². The van der Waals surface area contributed by atoms with Gasteiger partial charge in [0.05, 0.1) is 12.2 Å². The van der Waals surface area contributed by atoms with Gasteiger partial charge in [-0.05, 0) is 31.0 Å². The van der Waals surface area contributed by atoms with Crippen molar-refractivity contribution in [2.45, 2.75) is 32.4 Å². The number of rotatable bonds is 4. The first-order chi connectivity index (χ1) is 7.10. The van der Waals surface area contributed by atoms with Gasteiger partial charge in [-0.25, -0.2) is 0 Å². The lowest BCUT2D eigenvalue weighted by Gasteiger charge is -2.20. The number of aliphatic hydroxyl groups is 1. The molecule has 1 heterocycles. The molecule has 0 radical (unpaired) electrons. The summed E-state index contributed by atoms with van der Waals surface area (Å²) in [4.78, 5) is 6.90. The molecule has 80 valence electrons. The molecule has 0 amide bonds. The van der Waals surface area contributed by atoms with Crippen molar-refractivity contribution in [3.63, 3.8) is 0 Å². The highest BCUT2D eigenvalue weighted by molar-refractivity contribution is 5.16. The number of hydrogen-bond donors (Lipinski definition) is 1. The van der Waals surface area contributed by atoms with Crippen LogP contribution >= 0.6 is 0 Å². The third-order valence-electron chi connectivity index (χ3n) is 2.34. The van der Waals surface area contributed by atoms with Gasteiger partial charge in [0.25, 0.3) is 0 Å². The Morgan fingerprint density at radius 2 is 2.33 bits per heavy atom. The molecule has 0 aliphatic carbocycles. The van der Waals surface area contributed by atoms with Crippen LogP contribution in [-0.2, 0) is 12.1 Å². The maximum Gasteiger partial charge on any atom is 0.103 e. The van der Waals surface area contributed by atoms with Gasteiger partial charge in [-0.15, -0.1) is 0 Å². The van der Waals surface area contributed by atoms with Crippen LogP contribution in [-0.4, -0.2) is 10.1 Å². The Morgan fingerprint density at radius 3 is 2.93 bits per heavy atom. The quantitative estimate of drug-likeness (QED) is 0.466. The molecule has 0 aromatic carbocycles. The van der Waals surface area contributed by atoms with Crippen LogP contribution in [0.4, 0.5) is 0 Å². The average Bonchev–Trinajstić information content (AvgIpc) is 2.27. The van der Waals surface area contributed by atoms with Gasteiger partial charge in [-0.1, -0.05) is 18.1 Å². The number of aromatic nitrogens is 1. The van der Waals surface area contributed by atoms with Crippen LogP contribution in [0.1, 0.15) is 31.7 Å². The number of hydrogen-bond acceptors (Lipinski definition) is 3. The van der Waals surface area contributed by atoms with E-state index in [4.69, 9.17) is 5.53 Å². The van der Waals surface area contributed by atoms with Crippen LogP contribution in [0.5, 0.6) is 0 Å². The first kappa shape index (κ1) is 11.5.